The third kappa shape index (κ3) is 3.49. The molecule has 2 nitrogen and oxygen atoms in total. The van der Waals surface area contributed by atoms with Gasteiger partial charge in [0.15, 0.2) is 8.32 Å². The van der Waals surface area contributed by atoms with E-state index in [2.05, 4.69) is 47.7 Å². The maximum absolute atomic E-state index is 12.4. The molecule has 0 aromatic carbocycles. The minimum Gasteiger partial charge on any atom is -0.414 e. The molecule has 30 heavy (non-hydrogen) atoms. The second kappa shape index (κ2) is 7.44. The van der Waals surface area contributed by atoms with Gasteiger partial charge >= 0.3 is 0 Å². The molecule has 4 aliphatic carbocycles. The molecule has 8 atom stereocenters. The summed E-state index contributed by atoms with van der Waals surface area (Å²) in [4.78, 5) is 12.4. The lowest BCUT2D eigenvalue weighted by Gasteiger charge is -2.61. The zero-order valence-electron chi connectivity index (χ0n) is 21.1. The van der Waals surface area contributed by atoms with Crippen molar-refractivity contribution < 1.29 is 9.22 Å². The zero-order valence-corrected chi connectivity index (χ0v) is 22.1. The normalized spacial score (nSPS) is 46.7. The fourth-order valence-electron chi connectivity index (χ4n) is 8.59. The topological polar surface area (TPSA) is 26.3 Å². The molecule has 0 radical (unpaired) electrons. The Kier molecular flexibility index (Phi) is 5.71. The van der Waals surface area contributed by atoms with E-state index in [1.807, 2.05) is 6.92 Å². The Hall–Kier alpha value is -0.153. The number of hydrogen-bond acceptors (Lipinski definition) is 2. The number of rotatable bonds is 3. The molecule has 4 saturated carbocycles. The second-order valence-corrected chi connectivity index (χ2v) is 18.5. The number of ketones is 1. The van der Waals surface area contributed by atoms with Gasteiger partial charge in [0.25, 0.3) is 0 Å². The van der Waals surface area contributed by atoms with Crippen LogP contribution >= 0.6 is 0 Å². The van der Waals surface area contributed by atoms with Crippen LogP contribution in [-0.2, 0) is 9.22 Å². The van der Waals surface area contributed by atoms with Crippen molar-refractivity contribution in [2.24, 2.45) is 40.4 Å². The number of carbonyl (C=O) groups is 1. The molecular weight excluding hydrogens is 384 g/mol. The third-order valence-electron chi connectivity index (χ3n) is 11.4. The lowest BCUT2D eigenvalue weighted by Crippen LogP contribution is -2.55. The maximum atomic E-state index is 12.4. The van der Waals surface area contributed by atoms with Crippen LogP contribution in [0.5, 0.6) is 0 Å². The molecule has 172 valence electrons. The average Bonchev–Trinajstić information content (AvgIpc) is 2.98. The maximum Gasteiger partial charge on any atom is 0.192 e. The van der Waals surface area contributed by atoms with Gasteiger partial charge in [0.1, 0.15) is 5.78 Å². The molecular formula is C27H48O2Si. The van der Waals surface area contributed by atoms with Crippen molar-refractivity contribution in [1.29, 1.82) is 0 Å². The van der Waals surface area contributed by atoms with Crippen LogP contribution in [0, 0.1) is 40.4 Å². The van der Waals surface area contributed by atoms with Crippen LogP contribution < -0.4 is 0 Å². The number of hydrogen-bond donors (Lipinski definition) is 0. The highest BCUT2D eigenvalue weighted by atomic mass is 28.4. The van der Waals surface area contributed by atoms with Gasteiger partial charge in [-0.3, -0.25) is 4.79 Å². The van der Waals surface area contributed by atoms with Crippen LogP contribution in [-0.4, -0.2) is 20.2 Å². The van der Waals surface area contributed by atoms with Crippen molar-refractivity contribution in [2.45, 2.75) is 124 Å². The molecule has 0 unspecified atom stereocenters. The first-order valence-electron chi connectivity index (χ1n) is 13.0. The van der Waals surface area contributed by atoms with Gasteiger partial charge in [-0.1, -0.05) is 34.6 Å². The van der Waals surface area contributed by atoms with Crippen molar-refractivity contribution in [1.82, 2.24) is 0 Å². The summed E-state index contributed by atoms with van der Waals surface area (Å²) in [5.41, 5.74) is 0.796. The van der Waals surface area contributed by atoms with E-state index >= 15 is 0 Å². The summed E-state index contributed by atoms with van der Waals surface area (Å²) in [6.07, 6.45) is 12.3. The average molecular weight is 433 g/mol. The lowest BCUT2D eigenvalue weighted by atomic mass is 9.44. The molecule has 0 aliphatic heterocycles. The predicted molar refractivity (Wildman–Crippen MR) is 128 cm³/mol. The van der Waals surface area contributed by atoms with Crippen LogP contribution in [0.15, 0.2) is 0 Å². The Morgan fingerprint density at radius 1 is 0.900 bits per heavy atom. The number of carbonyl (C=O) groups excluding carboxylic acids is 1. The lowest BCUT2D eigenvalue weighted by molar-refractivity contribution is -0.137. The van der Waals surface area contributed by atoms with E-state index < -0.39 is 8.32 Å². The van der Waals surface area contributed by atoms with E-state index in [1.54, 1.807) is 0 Å². The zero-order chi connectivity index (χ0) is 22.1. The van der Waals surface area contributed by atoms with Gasteiger partial charge in [-0.25, -0.2) is 0 Å². The summed E-state index contributed by atoms with van der Waals surface area (Å²) in [7, 11) is -1.69. The molecule has 4 aliphatic rings. The minimum absolute atomic E-state index is 0.291. The summed E-state index contributed by atoms with van der Waals surface area (Å²) in [6, 6.07) is 0. The molecule has 0 saturated heterocycles. The van der Waals surface area contributed by atoms with Crippen LogP contribution in [0.3, 0.4) is 0 Å². The predicted octanol–water partition coefficient (Wildman–Crippen LogP) is 7.62. The Bertz CT molecular complexity index is 679. The standard InChI is InChI=1S/C27H48O2Si/c1-18(28)22-11-12-23-21-10-9-19-17-20(29-30(7,8)25(2,3)4)13-15-26(19,5)24(21)14-16-27(22,23)6/h19-24H,9-17H2,1-8H3/t19-,20-,21-,22+,23-,24-,26-,27+/m0/s1. The fraction of sp³-hybridized carbons (Fsp3) is 0.963. The Morgan fingerprint density at radius 2 is 1.53 bits per heavy atom. The van der Waals surface area contributed by atoms with Crippen LogP contribution in [0.1, 0.15) is 99.3 Å². The summed E-state index contributed by atoms with van der Waals surface area (Å²) < 4.78 is 6.90. The van der Waals surface area contributed by atoms with E-state index in [-0.39, 0.29) is 0 Å². The Labute approximate surface area is 187 Å². The fourth-order valence-corrected chi connectivity index (χ4v) is 9.99. The van der Waals surface area contributed by atoms with Crippen LogP contribution in [0.25, 0.3) is 0 Å². The van der Waals surface area contributed by atoms with Crippen molar-refractivity contribution >= 4 is 14.1 Å². The summed E-state index contributed by atoms with van der Waals surface area (Å²) in [5.74, 6) is 4.19. The Balaban J connectivity index is 1.48. The van der Waals surface area contributed by atoms with Gasteiger partial charge in [0.05, 0.1) is 0 Å². The summed E-state index contributed by atoms with van der Waals surface area (Å²) in [6.45, 7) is 18.9. The van der Waals surface area contributed by atoms with Crippen molar-refractivity contribution in [3.8, 4) is 0 Å². The van der Waals surface area contributed by atoms with E-state index in [4.69, 9.17) is 4.43 Å². The molecule has 0 N–H and O–H groups in total. The van der Waals surface area contributed by atoms with Gasteiger partial charge in [-0.15, -0.1) is 0 Å². The molecule has 3 heteroatoms. The third-order valence-corrected chi connectivity index (χ3v) is 15.9. The SMILES string of the molecule is CC(=O)[C@H]1CC[C@H]2[C@@H]3CC[C@H]4C[C@@H](O[Si](C)(C)C(C)(C)C)CC[C@]4(C)[C@H]3CC[C@]12C. The molecule has 0 spiro atoms. The van der Waals surface area contributed by atoms with Gasteiger partial charge in [0, 0.05) is 12.0 Å². The van der Waals surface area contributed by atoms with Gasteiger partial charge < -0.3 is 4.43 Å². The highest BCUT2D eigenvalue weighted by Gasteiger charge is 2.61. The summed E-state index contributed by atoms with van der Waals surface area (Å²) in [5, 5.41) is 0.301. The first-order chi connectivity index (χ1) is 13.8. The first kappa shape index (κ1) is 23.0. The number of fused-ring (bicyclic) bond motifs is 5. The van der Waals surface area contributed by atoms with Crippen LogP contribution in [0.4, 0.5) is 0 Å². The largest absolute Gasteiger partial charge is 0.414 e. The molecule has 0 bridgehead atoms. The van der Waals surface area contributed by atoms with Crippen molar-refractivity contribution in [3.63, 3.8) is 0 Å². The quantitative estimate of drug-likeness (QED) is 0.429. The van der Waals surface area contributed by atoms with E-state index in [9.17, 15) is 4.79 Å². The van der Waals surface area contributed by atoms with Crippen molar-refractivity contribution in [3.05, 3.63) is 0 Å². The molecule has 0 amide bonds. The minimum atomic E-state index is -1.69. The van der Waals surface area contributed by atoms with E-state index in [0.29, 0.717) is 33.7 Å². The Morgan fingerprint density at radius 3 is 2.17 bits per heavy atom. The van der Waals surface area contributed by atoms with Gasteiger partial charge in [-0.2, -0.15) is 0 Å². The summed E-state index contributed by atoms with van der Waals surface area (Å²) >= 11 is 0. The van der Waals surface area contributed by atoms with Gasteiger partial charge in [0.2, 0.25) is 0 Å². The molecule has 0 aromatic heterocycles. The van der Waals surface area contributed by atoms with Crippen LogP contribution in [0.2, 0.25) is 18.1 Å². The first-order valence-corrected chi connectivity index (χ1v) is 15.9. The highest BCUT2D eigenvalue weighted by molar-refractivity contribution is 6.74. The molecule has 0 heterocycles. The van der Waals surface area contributed by atoms with Gasteiger partial charge in [-0.05, 0) is 117 Å². The van der Waals surface area contributed by atoms with Crippen molar-refractivity contribution in [2.75, 3.05) is 0 Å². The molecule has 0 aromatic rings. The highest BCUT2D eigenvalue weighted by Crippen LogP contribution is 2.67. The smallest absolute Gasteiger partial charge is 0.192 e. The number of Topliss-reactive ketones (excluding diaryl/α,β-unsaturated/α-hetero) is 1. The molecule has 4 rings (SSSR count). The molecule has 4 fully saturated rings. The van der Waals surface area contributed by atoms with E-state index in [1.165, 1.54) is 51.4 Å². The van der Waals surface area contributed by atoms with E-state index in [0.717, 1.165) is 30.1 Å². The monoisotopic (exact) mass is 432 g/mol. The second-order valence-electron chi connectivity index (χ2n) is 13.7.